The van der Waals surface area contributed by atoms with Crippen LogP contribution in [-0.2, 0) is 28.7 Å². The third kappa shape index (κ3) is 8.04. The van der Waals surface area contributed by atoms with E-state index >= 15 is 0 Å². The van der Waals surface area contributed by atoms with Crippen LogP contribution in [0.25, 0.3) is 0 Å². The number of carbonyl (C=O) groups excluding carboxylic acids is 2. The van der Waals surface area contributed by atoms with Gasteiger partial charge in [-0.3, -0.25) is 9.59 Å². The summed E-state index contributed by atoms with van der Waals surface area (Å²) in [7, 11) is 0. The lowest BCUT2D eigenvalue weighted by Gasteiger charge is -2.50. The Balaban J connectivity index is 1.94. The molecule has 0 spiro atoms. The second-order valence-electron chi connectivity index (χ2n) is 11.9. The van der Waals surface area contributed by atoms with Crippen LogP contribution in [-0.4, -0.2) is 47.6 Å². The summed E-state index contributed by atoms with van der Waals surface area (Å²) in [6.07, 6.45) is -2.95. The standard InChI is InChI=1S/C33H42F5N3O3/c1-4-12-41(13-5-2)30(44)31(10-7-11-40-21-23-8-6-9-25(14-23)33(36,37)38)18-22(3)19-32(28(31)42,29(39)43)20-24-15-26(34)17-27(35)16-24/h6,8-9,14-17,19,28,40,42H,4-5,7,10-13,18,20-21H2,1-3H3,(H2,39,43)/t28-,31?,32-/m1/s1. The van der Waals surface area contributed by atoms with E-state index in [0.717, 1.165) is 24.3 Å². The molecule has 0 fully saturated rings. The maximum Gasteiger partial charge on any atom is 0.416 e. The van der Waals surface area contributed by atoms with Gasteiger partial charge in [-0.15, -0.1) is 0 Å². The number of hydrogen-bond donors (Lipinski definition) is 3. The summed E-state index contributed by atoms with van der Waals surface area (Å²) in [6.45, 7) is 6.89. The quantitative estimate of drug-likeness (QED) is 0.139. The highest BCUT2D eigenvalue weighted by molar-refractivity contribution is 5.90. The largest absolute Gasteiger partial charge is 0.416 e. The molecule has 1 aliphatic rings. The van der Waals surface area contributed by atoms with E-state index in [2.05, 4.69) is 5.32 Å². The maximum absolute atomic E-state index is 14.4. The van der Waals surface area contributed by atoms with E-state index in [1.807, 2.05) is 13.8 Å². The molecule has 1 aliphatic carbocycles. The minimum atomic E-state index is -4.46. The first-order valence-corrected chi connectivity index (χ1v) is 15.0. The number of rotatable bonds is 14. The molecule has 0 radical (unpaired) electrons. The van der Waals surface area contributed by atoms with Gasteiger partial charge in [0.1, 0.15) is 11.6 Å². The fourth-order valence-corrected chi connectivity index (χ4v) is 6.46. The predicted molar refractivity (Wildman–Crippen MR) is 158 cm³/mol. The van der Waals surface area contributed by atoms with Gasteiger partial charge in [0.25, 0.3) is 0 Å². The van der Waals surface area contributed by atoms with Gasteiger partial charge in [-0.2, -0.15) is 13.2 Å². The van der Waals surface area contributed by atoms with Gasteiger partial charge in [0, 0.05) is 25.7 Å². The molecule has 11 heteroatoms. The number of nitrogens with two attached hydrogens (primary N) is 1. The molecule has 2 aromatic carbocycles. The predicted octanol–water partition coefficient (Wildman–Crippen LogP) is 5.91. The minimum Gasteiger partial charge on any atom is -0.391 e. The topological polar surface area (TPSA) is 95.7 Å². The Morgan fingerprint density at radius 1 is 1.05 bits per heavy atom. The molecule has 0 bridgehead atoms. The molecule has 4 N–H and O–H groups in total. The number of nitrogens with one attached hydrogen (secondary N) is 1. The maximum atomic E-state index is 14.4. The SMILES string of the molecule is CCCN(CCC)C(=O)C1(CCCNCc2cccc(C(F)(F)F)c2)CC(C)=C[C@](Cc2cc(F)cc(F)c2)(C(N)=O)[C@@H]1O. The van der Waals surface area contributed by atoms with Crippen LogP contribution in [0.2, 0.25) is 0 Å². The zero-order valence-corrected chi connectivity index (χ0v) is 25.4. The molecule has 2 amide bonds. The molecule has 0 heterocycles. The number of benzene rings is 2. The summed E-state index contributed by atoms with van der Waals surface area (Å²) < 4.78 is 67.6. The van der Waals surface area contributed by atoms with Crippen LogP contribution >= 0.6 is 0 Å². The van der Waals surface area contributed by atoms with Gasteiger partial charge < -0.3 is 21.1 Å². The van der Waals surface area contributed by atoms with Crippen LogP contribution in [0.5, 0.6) is 0 Å². The average Bonchev–Trinajstić information content (AvgIpc) is 2.93. The van der Waals surface area contributed by atoms with Crippen LogP contribution in [0.3, 0.4) is 0 Å². The van der Waals surface area contributed by atoms with E-state index in [1.54, 1.807) is 17.9 Å². The lowest BCUT2D eigenvalue weighted by atomic mass is 9.57. The first kappa shape index (κ1) is 35.2. The molecular formula is C33H42F5N3O3. The molecule has 0 aromatic heterocycles. The van der Waals surface area contributed by atoms with Crippen molar-refractivity contribution >= 4 is 11.8 Å². The first-order chi connectivity index (χ1) is 20.7. The third-order valence-corrected chi connectivity index (χ3v) is 8.25. The summed E-state index contributed by atoms with van der Waals surface area (Å²) in [4.78, 5) is 29.2. The normalized spacial score (nSPS) is 22.0. The van der Waals surface area contributed by atoms with Crippen molar-refractivity contribution in [3.63, 3.8) is 0 Å². The Morgan fingerprint density at radius 2 is 1.68 bits per heavy atom. The molecule has 3 rings (SSSR count). The molecule has 6 nitrogen and oxygen atoms in total. The van der Waals surface area contributed by atoms with Crippen molar-refractivity contribution in [1.82, 2.24) is 10.2 Å². The summed E-state index contributed by atoms with van der Waals surface area (Å²) in [5.41, 5.74) is 3.04. The van der Waals surface area contributed by atoms with Crippen LogP contribution in [0.4, 0.5) is 22.0 Å². The lowest BCUT2D eigenvalue weighted by Crippen LogP contribution is -2.62. The number of carbonyl (C=O) groups is 2. The number of alkyl halides is 3. The van der Waals surface area contributed by atoms with Gasteiger partial charge in [0.2, 0.25) is 11.8 Å². The fraction of sp³-hybridized carbons (Fsp3) is 0.515. The highest BCUT2D eigenvalue weighted by Crippen LogP contribution is 2.51. The Bertz CT molecular complexity index is 1320. The molecule has 242 valence electrons. The summed E-state index contributed by atoms with van der Waals surface area (Å²) >= 11 is 0. The third-order valence-electron chi connectivity index (χ3n) is 8.25. The molecular weight excluding hydrogens is 581 g/mol. The Kier molecular flexibility index (Phi) is 11.7. The van der Waals surface area contributed by atoms with Gasteiger partial charge in [0.15, 0.2) is 0 Å². The molecule has 0 aliphatic heterocycles. The number of aliphatic hydroxyl groups excluding tert-OH is 1. The van der Waals surface area contributed by atoms with Crippen molar-refractivity contribution in [2.24, 2.45) is 16.6 Å². The first-order valence-electron chi connectivity index (χ1n) is 15.0. The van der Waals surface area contributed by atoms with Gasteiger partial charge in [-0.05, 0) is 81.3 Å². The average molecular weight is 624 g/mol. The van der Waals surface area contributed by atoms with Crippen LogP contribution < -0.4 is 11.1 Å². The molecule has 1 unspecified atom stereocenters. The summed E-state index contributed by atoms with van der Waals surface area (Å²) in [6, 6.07) is 7.83. The summed E-state index contributed by atoms with van der Waals surface area (Å²) in [5, 5.41) is 15.2. The molecule has 44 heavy (non-hydrogen) atoms. The van der Waals surface area contributed by atoms with E-state index in [1.165, 1.54) is 12.1 Å². The van der Waals surface area contributed by atoms with Crippen LogP contribution in [0.15, 0.2) is 54.1 Å². The van der Waals surface area contributed by atoms with E-state index in [0.29, 0.717) is 56.1 Å². The lowest BCUT2D eigenvalue weighted by molar-refractivity contribution is -0.162. The number of halogens is 5. The molecule has 3 atom stereocenters. The fourth-order valence-electron chi connectivity index (χ4n) is 6.46. The molecule has 0 saturated heterocycles. The number of nitrogens with zero attached hydrogens (tertiary/aromatic N) is 1. The Labute approximate surface area is 255 Å². The zero-order chi connectivity index (χ0) is 32.7. The second-order valence-corrected chi connectivity index (χ2v) is 11.9. The van der Waals surface area contributed by atoms with Crippen molar-refractivity contribution in [3.05, 3.63) is 82.4 Å². The smallest absolute Gasteiger partial charge is 0.391 e. The number of amides is 2. The number of primary amides is 1. The van der Waals surface area contributed by atoms with E-state index in [9.17, 15) is 36.6 Å². The van der Waals surface area contributed by atoms with Crippen LogP contribution in [0.1, 0.15) is 69.6 Å². The highest BCUT2D eigenvalue weighted by Gasteiger charge is 2.59. The minimum absolute atomic E-state index is 0.106. The monoisotopic (exact) mass is 623 g/mol. The van der Waals surface area contributed by atoms with Crippen molar-refractivity contribution in [3.8, 4) is 0 Å². The zero-order valence-electron chi connectivity index (χ0n) is 25.4. The van der Waals surface area contributed by atoms with Gasteiger partial charge in [-0.1, -0.05) is 43.7 Å². The van der Waals surface area contributed by atoms with E-state index in [4.69, 9.17) is 5.73 Å². The van der Waals surface area contributed by atoms with Crippen molar-refractivity contribution in [2.45, 2.75) is 78.1 Å². The Morgan fingerprint density at radius 3 is 2.25 bits per heavy atom. The molecule has 2 aromatic rings. The van der Waals surface area contributed by atoms with E-state index < -0.39 is 46.2 Å². The highest BCUT2D eigenvalue weighted by atomic mass is 19.4. The summed E-state index contributed by atoms with van der Waals surface area (Å²) in [5.74, 6) is -2.96. The van der Waals surface area contributed by atoms with Crippen molar-refractivity contribution in [1.29, 1.82) is 0 Å². The van der Waals surface area contributed by atoms with Gasteiger partial charge >= 0.3 is 6.18 Å². The van der Waals surface area contributed by atoms with Crippen molar-refractivity contribution < 1.29 is 36.6 Å². The van der Waals surface area contributed by atoms with Gasteiger partial charge in [-0.25, -0.2) is 8.78 Å². The number of aliphatic hydroxyl groups is 1. The number of allylic oxidation sites excluding steroid dienone is 1. The number of hydrogen-bond acceptors (Lipinski definition) is 4. The Hall–Kier alpha value is -3.31. The van der Waals surface area contributed by atoms with E-state index in [-0.39, 0.29) is 37.3 Å². The van der Waals surface area contributed by atoms with Crippen LogP contribution in [0, 0.1) is 22.5 Å². The van der Waals surface area contributed by atoms with Gasteiger partial charge in [0.05, 0.1) is 22.5 Å². The van der Waals surface area contributed by atoms with Crippen molar-refractivity contribution in [2.75, 3.05) is 19.6 Å². The molecule has 0 saturated carbocycles. The second kappa shape index (κ2) is 14.6.